The molecule has 0 fully saturated rings. The van der Waals surface area contributed by atoms with Gasteiger partial charge < -0.3 is 67.6 Å². The largest absolute Gasteiger partial charge is 1.00 e. The molecule has 0 aromatic rings. The molecule has 0 spiro atoms. The molecule has 2 N–H and O–H groups in total. The number of quaternary nitrogens is 2. The van der Waals surface area contributed by atoms with Crippen LogP contribution in [0.25, 0.3) is 0 Å². The minimum Gasteiger partial charge on any atom is -1.00 e. The zero-order valence-electron chi connectivity index (χ0n) is 15.4. The smallest absolute Gasteiger partial charge is 0.220 e. The van der Waals surface area contributed by atoms with Crippen LogP contribution in [0.4, 0.5) is 0 Å². The summed E-state index contributed by atoms with van der Waals surface area (Å²) in [6.07, 6.45) is 1.44. The van der Waals surface area contributed by atoms with Gasteiger partial charge in [-0.25, -0.2) is 0 Å². The lowest BCUT2D eigenvalue weighted by Crippen LogP contribution is -3.00. The van der Waals surface area contributed by atoms with E-state index in [2.05, 4.69) is 52.9 Å². The van der Waals surface area contributed by atoms with E-state index in [0.29, 0.717) is 32.4 Å². The van der Waals surface area contributed by atoms with Crippen LogP contribution < -0.4 is 58.6 Å². The van der Waals surface area contributed by atoms with Gasteiger partial charge in [-0.15, -0.1) is 0 Å². The second-order valence-corrected chi connectivity index (χ2v) is 7.58. The summed E-state index contributed by atoms with van der Waals surface area (Å²) in [6.45, 7) is 3.16. The molecule has 2 amide bonds. The van der Waals surface area contributed by atoms with E-state index in [1.54, 1.807) is 0 Å². The second kappa shape index (κ2) is 13.6. The average Bonchev–Trinajstić information content (AvgIpc) is 2.25. The van der Waals surface area contributed by atoms with E-state index >= 15 is 0 Å². The summed E-state index contributed by atoms with van der Waals surface area (Å²) in [6, 6.07) is 0. The van der Waals surface area contributed by atoms with E-state index in [1.165, 1.54) is 0 Å². The molecule has 0 aliphatic heterocycles. The SMILES string of the molecule is C[N+](C)(C)CCNC(=O)CCCC(=O)NCC[N+](C)(C)C.[I-].[I-]. The topological polar surface area (TPSA) is 58.2 Å². The van der Waals surface area contributed by atoms with Crippen molar-refractivity contribution in [3.63, 3.8) is 0 Å². The first-order valence-electron chi connectivity index (χ1n) is 7.64. The first kappa shape index (κ1) is 28.1. The van der Waals surface area contributed by atoms with Gasteiger partial charge in [-0.3, -0.25) is 9.59 Å². The Morgan fingerprint density at radius 2 is 1.00 bits per heavy atom. The quantitative estimate of drug-likeness (QED) is 0.208. The molecule has 0 aliphatic rings. The Morgan fingerprint density at radius 1 is 0.696 bits per heavy atom. The molecule has 8 heteroatoms. The normalized spacial score (nSPS) is 11.0. The summed E-state index contributed by atoms with van der Waals surface area (Å²) < 4.78 is 1.66. The monoisotopic (exact) mass is 556 g/mol. The highest BCUT2D eigenvalue weighted by atomic mass is 127. The maximum Gasteiger partial charge on any atom is 0.220 e. The lowest BCUT2D eigenvalue weighted by Gasteiger charge is -2.23. The molecule has 140 valence electrons. The molecule has 0 radical (unpaired) electrons. The molecule has 0 rings (SSSR count). The molecular weight excluding hydrogens is 522 g/mol. The van der Waals surface area contributed by atoms with Gasteiger partial charge >= 0.3 is 0 Å². The Kier molecular flexibility index (Phi) is 16.6. The number of halogens is 2. The van der Waals surface area contributed by atoms with E-state index in [4.69, 9.17) is 0 Å². The van der Waals surface area contributed by atoms with Crippen LogP contribution in [0.1, 0.15) is 19.3 Å². The van der Waals surface area contributed by atoms with Crippen molar-refractivity contribution < 1.29 is 66.5 Å². The highest BCUT2D eigenvalue weighted by Crippen LogP contribution is 1.96. The molecule has 0 unspecified atom stereocenters. The summed E-state index contributed by atoms with van der Waals surface area (Å²) in [4.78, 5) is 23.2. The molecule has 0 saturated carbocycles. The zero-order valence-corrected chi connectivity index (χ0v) is 19.7. The number of rotatable bonds is 10. The predicted octanol–water partition coefficient (Wildman–Crippen LogP) is -6.19. The Morgan fingerprint density at radius 3 is 1.26 bits per heavy atom. The molecule has 0 saturated heterocycles. The van der Waals surface area contributed by atoms with Gasteiger partial charge in [0.25, 0.3) is 0 Å². The van der Waals surface area contributed by atoms with E-state index in [1.807, 2.05) is 0 Å². The molecule has 0 heterocycles. The van der Waals surface area contributed by atoms with E-state index in [9.17, 15) is 9.59 Å². The van der Waals surface area contributed by atoms with Crippen molar-refractivity contribution in [3.8, 4) is 0 Å². The molecule has 0 aliphatic carbocycles. The zero-order chi connectivity index (χ0) is 16.5. The number of hydrogen-bond donors (Lipinski definition) is 2. The van der Waals surface area contributed by atoms with Gasteiger partial charge in [0.2, 0.25) is 11.8 Å². The van der Waals surface area contributed by atoms with Gasteiger partial charge in [0, 0.05) is 12.8 Å². The van der Waals surface area contributed by atoms with Gasteiger partial charge in [0.1, 0.15) is 0 Å². The highest BCUT2D eigenvalue weighted by Gasteiger charge is 2.10. The first-order valence-corrected chi connectivity index (χ1v) is 7.64. The van der Waals surface area contributed by atoms with E-state index in [-0.39, 0.29) is 59.8 Å². The number of amides is 2. The van der Waals surface area contributed by atoms with Gasteiger partial charge in [-0.2, -0.15) is 0 Å². The average molecular weight is 556 g/mol. The van der Waals surface area contributed by atoms with Crippen LogP contribution in [-0.4, -0.2) is 89.2 Å². The molecule has 0 aromatic carbocycles. The lowest BCUT2D eigenvalue weighted by atomic mass is 10.2. The third-order valence-electron chi connectivity index (χ3n) is 3.02. The van der Waals surface area contributed by atoms with Crippen LogP contribution in [0.3, 0.4) is 0 Å². The summed E-state index contributed by atoms with van der Waals surface area (Å²) in [7, 11) is 12.5. The van der Waals surface area contributed by atoms with Crippen LogP contribution in [0, 0.1) is 0 Å². The summed E-state index contributed by atoms with van der Waals surface area (Å²) >= 11 is 0. The van der Waals surface area contributed by atoms with Crippen molar-refractivity contribution in [2.24, 2.45) is 0 Å². The molecule has 0 atom stereocenters. The maximum absolute atomic E-state index is 11.6. The molecule has 0 bridgehead atoms. The Balaban J connectivity index is -0.00000200. The van der Waals surface area contributed by atoms with Crippen LogP contribution >= 0.6 is 0 Å². The van der Waals surface area contributed by atoms with Crippen molar-refractivity contribution >= 4 is 11.8 Å². The Bertz CT molecular complexity index is 307. The number of carbonyl (C=O) groups is 2. The van der Waals surface area contributed by atoms with Crippen molar-refractivity contribution in [1.29, 1.82) is 0 Å². The minimum atomic E-state index is 0. The number of nitrogens with zero attached hydrogens (tertiary/aromatic N) is 2. The van der Waals surface area contributed by atoms with Crippen LogP contribution in [-0.2, 0) is 9.59 Å². The molecule has 6 nitrogen and oxygen atoms in total. The van der Waals surface area contributed by atoms with E-state index in [0.717, 1.165) is 22.1 Å². The minimum absolute atomic E-state index is 0. The highest BCUT2D eigenvalue weighted by molar-refractivity contribution is 5.78. The predicted molar refractivity (Wildman–Crippen MR) is 85.7 cm³/mol. The molecular formula is C15H34I2N4O2. The van der Waals surface area contributed by atoms with Crippen LogP contribution in [0.5, 0.6) is 0 Å². The Labute approximate surface area is 175 Å². The molecule has 23 heavy (non-hydrogen) atoms. The summed E-state index contributed by atoms with van der Waals surface area (Å²) in [5.74, 6) is 0.0604. The number of likely N-dealkylation sites (N-methyl/N-ethyl adjacent to an activating group) is 2. The van der Waals surface area contributed by atoms with Crippen LogP contribution in [0.15, 0.2) is 0 Å². The number of nitrogens with one attached hydrogen (secondary N) is 2. The van der Waals surface area contributed by atoms with Gasteiger partial charge in [0.15, 0.2) is 0 Å². The fourth-order valence-corrected chi connectivity index (χ4v) is 1.65. The first-order chi connectivity index (χ1) is 9.49. The van der Waals surface area contributed by atoms with Gasteiger partial charge in [-0.1, -0.05) is 0 Å². The van der Waals surface area contributed by atoms with Gasteiger partial charge in [0.05, 0.1) is 68.5 Å². The third kappa shape index (κ3) is 22.3. The molecule has 0 aromatic heterocycles. The third-order valence-corrected chi connectivity index (χ3v) is 3.02. The fraction of sp³-hybridized carbons (Fsp3) is 0.867. The van der Waals surface area contributed by atoms with Crippen molar-refractivity contribution in [1.82, 2.24) is 10.6 Å². The number of hydrogen-bond acceptors (Lipinski definition) is 2. The number of carbonyl (C=O) groups excluding carboxylic acids is 2. The summed E-state index contributed by atoms with van der Waals surface area (Å²) in [5, 5.41) is 5.77. The maximum atomic E-state index is 11.6. The Hall–Kier alpha value is 0.320. The standard InChI is InChI=1S/C15H32N4O2.2HI/c1-18(2,3)12-10-16-14(20)8-7-9-15(21)17-11-13-19(4,5)6;;/h7-13H2,1-6H3;2*1H. The summed E-state index contributed by atoms with van der Waals surface area (Å²) in [5.41, 5.74) is 0. The second-order valence-electron chi connectivity index (χ2n) is 7.58. The van der Waals surface area contributed by atoms with Crippen molar-refractivity contribution in [3.05, 3.63) is 0 Å². The lowest BCUT2D eigenvalue weighted by molar-refractivity contribution is -0.869. The van der Waals surface area contributed by atoms with Crippen molar-refractivity contribution in [2.75, 3.05) is 68.5 Å². The van der Waals surface area contributed by atoms with Crippen molar-refractivity contribution in [2.45, 2.75) is 19.3 Å². The van der Waals surface area contributed by atoms with Gasteiger partial charge in [-0.05, 0) is 6.42 Å². The van der Waals surface area contributed by atoms with E-state index < -0.39 is 0 Å². The van der Waals surface area contributed by atoms with Crippen LogP contribution in [0.2, 0.25) is 0 Å². The fourth-order valence-electron chi connectivity index (χ4n) is 1.65.